The lowest BCUT2D eigenvalue weighted by Gasteiger charge is -2.31. The predicted molar refractivity (Wildman–Crippen MR) is 275 cm³/mol. The van der Waals surface area contributed by atoms with Crippen molar-refractivity contribution in [3.8, 4) is 22.3 Å². The number of anilines is 2. The Bertz CT molecular complexity index is 2890. The Morgan fingerprint density at radius 3 is 2.11 bits per heavy atom. The first-order chi connectivity index (χ1) is 35.2. The van der Waals surface area contributed by atoms with Gasteiger partial charge in [0, 0.05) is 46.3 Å². The number of aliphatic hydroxyl groups excluding tert-OH is 1. The Labute approximate surface area is 440 Å². The molecule has 4 aromatic rings. The van der Waals surface area contributed by atoms with Gasteiger partial charge in [-0.1, -0.05) is 38.1 Å². The second-order valence-electron chi connectivity index (χ2n) is 19.1. The van der Waals surface area contributed by atoms with Gasteiger partial charge in [-0.05, 0) is 92.5 Å². The number of carbonyl (C=O) groups excluding carboxylic acids is 7. The Morgan fingerprint density at radius 2 is 1.53 bits per heavy atom. The number of alkyl halides is 3. The van der Waals surface area contributed by atoms with Crippen LogP contribution in [0.15, 0.2) is 72.2 Å². The lowest BCUT2D eigenvalue weighted by atomic mass is 10.0. The number of likely N-dealkylation sites (N-methyl/N-ethyl adjacent to an activating group) is 3. The normalized spacial score (nSPS) is 16.6. The topological polar surface area (TPSA) is 229 Å². The summed E-state index contributed by atoms with van der Waals surface area (Å²) in [5.74, 6) is -4.38. The Balaban J connectivity index is 0.951. The van der Waals surface area contributed by atoms with Crippen LogP contribution in [-0.4, -0.2) is 154 Å². The van der Waals surface area contributed by atoms with Gasteiger partial charge in [0.25, 0.3) is 11.8 Å². The maximum Gasteiger partial charge on any atom is 0.417 e. The summed E-state index contributed by atoms with van der Waals surface area (Å²) >= 11 is 7.12. The Hall–Kier alpha value is -7.49. The van der Waals surface area contributed by atoms with Crippen molar-refractivity contribution in [2.45, 2.75) is 77.5 Å². The van der Waals surface area contributed by atoms with Gasteiger partial charge in [0.1, 0.15) is 23.4 Å². The third-order valence-electron chi connectivity index (χ3n) is 12.8. The quantitative estimate of drug-likeness (QED) is 0.120. The second kappa shape index (κ2) is 23.4. The van der Waals surface area contributed by atoms with E-state index < -0.39 is 115 Å². The van der Waals surface area contributed by atoms with Crippen LogP contribution in [0.2, 0.25) is 0 Å². The van der Waals surface area contributed by atoms with Crippen molar-refractivity contribution < 1.29 is 56.6 Å². The predicted octanol–water partition coefficient (Wildman–Crippen LogP) is 4.10. The van der Waals surface area contributed by atoms with E-state index in [1.807, 2.05) is 31.2 Å². The second-order valence-corrected chi connectivity index (χ2v) is 20.3. The van der Waals surface area contributed by atoms with Gasteiger partial charge in [0.2, 0.25) is 29.5 Å². The highest BCUT2D eigenvalue weighted by atomic mass is 32.1. The number of carbonyl (C=O) groups is 7. The number of aryl methyl sites for hydroxylation is 1. The third-order valence-corrected chi connectivity index (χ3v) is 14.1. The molecule has 398 valence electrons. The minimum absolute atomic E-state index is 0.00621. The molecule has 0 radical (unpaired) electrons. The molecular weight excluding hydrogens is 1020 g/mol. The number of benzene rings is 3. The molecule has 6 rings (SSSR count). The molecule has 0 aliphatic carbocycles. The van der Waals surface area contributed by atoms with E-state index in [-0.39, 0.29) is 36.1 Å². The van der Waals surface area contributed by atoms with Crippen LogP contribution in [0.3, 0.4) is 0 Å². The van der Waals surface area contributed by atoms with Crippen molar-refractivity contribution in [1.29, 1.82) is 5.26 Å². The van der Waals surface area contributed by atoms with E-state index >= 15 is 0 Å². The molecule has 75 heavy (non-hydrogen) atoms. The van der Waals surface area contributed by atoms with E-state index in [0.29, 0.717) is 11.8 Å². The first-order valence-corrected chi connectivity index (χ1v) is 24.8. The zero-order valence-corrected chi connectivity index (χ0v) is 44.1. The molecule has 3 atom stereocenters. The molecule has 0 spiro atoms. The molecule has 1 aromatic heterocycles. The zero-order chi connectivity index (χ0) is 55.3. The van der Waals surface area contributed by atoms with Crippen molar-refractivity contribution >= 4 is 81.4 Å². The average molecular weight is 1080 g/mol. The zero-order valence-electron chi connectivity index (χ0n) is 42.4. The van der Waals surface area contributed by atoms with Gasteiger partial charge in [-0.15, -0.1) is 11.3 Å². The monoisotopic (exact) mass is 1070 g/mol. The first-order valence-electron chi connectivity index (χ1n) is 23.5. The van der Waals surface area contributed by atoms with Crippen LogP contribution in [0.5, 0.6) is 5.75 Å². The van der Waals surface area contributed by atoms with Crippen molar-refractivity contribution in [3.05, 3.63) is 94.6 Å². The van der Waals surface area contributed by atoms with Gasteiger partial charge in [0.15, 0.2) is 11.7 Å². The number of β-amino-alcohol motifs (C(OH)–C–C–N with tert-alkyl or cyclic N) is 1. The highest BCUT2D eigenvalue weighted by Crippen LogP contribution is 2.40. The van der Waals surface area contributed by atoms with Gasteiger partial charge in [0.05, 0.1) is 64.7 Å². The summed E-state index contributed by atoms with van der Waals surface area (Å²) in [7, 11) is 4.05. The number of ether oxygens (including phenoxy) is 1. The molecule has 2 aliphatic rings. The Kier molecular flexibility index (Phi) is 17.7. The summed E-state index contributed by atoms with van der Waals surface area (Å²) in [6, 6.07) is 16.0. The minimum atomic E-state index is -4.86. The van der Waals surface area contributed by atoms with Crippen molar-refractivity contribution in [2.75, 3.05) is 63.7 Å². The third kappa shape index (κ3) is 13.1. The summed E-state index contributed by atoms with van der Waals surface area (Å²) in [6.07, 6.45) is -5.82. The molecule has 2 aliphatic heterocycles. The fourth-order valence-corrected chi connectivity index (χ4v) is 9.74. The maximum absolute atomic E-state index is 13.9. The molecule has 7 amide bonds. The van der Waals surface area contributed by atoms with Crippen LogP contribution < -0.4 is 25.2 Å². The highest BCUT2D eigenvalue weighted by Gasteiger charge is 2.51. The number of nitriles is 1. The molecule has 3 N–H and O–H groups in total. The van der Waals surface area contributed by atoms with Gasteiger partial charge in [-0.3, -0.25) is 38.5 Å². The first kappa shape index (κ1) is 56.8. The average Bonchev–Trinajstić information content (AvgIpc) is 4.03. The number of aliphatic hydroxyl groups is 1. The van der Waals surface area contributed by atoms with Gasteiger partial charge < -0.3 is 45.0 Å². The summed E-state index contributed by atoms with van der Waals surface area (Å²) in [6.45, 7) is 6.63. The van der Waals surface area contributed by atoms with Gasteiger partial charge >= 0.3 is 6.18 Å². The van der Waals surface area contributed by atoms with Gasteiger partial charge in [-0.25, -0.2) is 4.98 Å². The number of amides is 7. The SMILES string of the molecule is Cc1ncsc1-c1ccc(CNC(=O)C2C[C@@H](O)CN2C(=O)[C@@H](NC(=O)CN(C)C(=O)CN(C)C(=O)CN(C)C(=O)COc2ccc(N3C(=S)N(c4ccc(C#N)c(C(F)(F)F)c4)C(=O)C3(C)C)cc2)C(C)C)cc1. The molecule has 3 heterocycles. The fourth-order valence-electron chi connectivity index (χ4n) is 8.41. The number of hydrogen-bond donors (Lipinski definition) is 3. The van der Waals surface area contributed by atoms with E-state index in [1.165, 1.54) is 66.5 Å². The van der Waals surface area contributed by atoms with Crippen LogP contribution in [-0.2, 0) is 46.3 Å². The molecule has 3 aromatic carbocycles. The van der Waals surface area contributed by atoms with Gasteiger partial charge in [-0.2, -0.15) is 18.4 Å². The standard InChI is InChI=1S/C51H57F3N10O9S2/c1-29(2)44(47(71)62-23-36(65)20-39(62)46(70)56-22-31-9-11-32(12-10-31)45-30(3)57-28-75-45)58-40(66)24-59(6)41(67)25-60(7)42(68)26-61(8)43(69)27-73-37-17-15-34(16-18-37)64-49(74)63(48(72)50(64,4)5)35-14-13-33(21-55)38(19-35)51(52,53)54/h9-19,28-29,36,39,44,65H,20,22-27H2,1-8H3,(H,56,70)(H,58,66)/t36-,39?,44+/m1/s1. The number of aromatic nitrogens is 1. The number of likely N-dealkylation sites (tertiary alicyclic amines) is 1. The summed E-state index contributed by atoms with van der Waals surface area (Å²) in [5.41, 5.74) is 1.58. The molecule has 24 heteroatoms. The molecule has 0 bridgehead atoms. The minimum Gasteiger partial charge on any atom is -0.484 e. The Morgan fingerprint density at radius 1 is 0.933 bits per heavy atom. The molecule has 2 saturated heterocycles. The highest BCUT2D eigenvalue weighted by molar-refractivity contribution is 7.81. The molecule has 19 nitrogen and oxygen atoms in total. The van der Waals surface area contributed by atoms with Crippen LogP contribution in [0.25, 0.3) is 10.4 Å². The number of hydrogen-bond acceptors (Lipinski definition) is 13. The molecule has 1 unspecified atom stereocenters. The number of halogens is 3. The summed E-state index contributed by atoms with van der Waals surface area (Å²) in [4.78, 5) is 106. The van der Waals surface area contributed by atoms with Crippen molar-refractivity contribution in [2.24, 2.45) is 5.92 Å². The van der Waals surface area contributed by atoms with Crippen LogP contribution in [0.1, 0.15) is 56.5 Å². The van der Waals surface area contributed by atoms with E-state index in [0.717, 1.165) is 47.4 Å². The number of nitrogens with zero attached hydrogens (tertiary/aromatic N) is 8. The van der Waals surface area contributed by atoms with Crippen molar-refractivity contribution in [3.63, 3.8) is 0 Å². The molecular formula is C51H57F3N10O9S2. The fraction of sp³-hybridized carbons (Fsp3) is 0.412. The lowest BCUT2D eigenvalue weighted by Crippen LogP contribution is -2.56. The molecule has 0 saturated carbocycles. The van der Waals surface area contributed by atoms with E-state index in [1.54, 1.807) is 45.3 Å². The largest absolute Gasteiger partial charge is 0.484 e. The van der Waals surface area contributed by atoms with Crippen LogP contribution in [0, 0.1) is 24.2 Å². The lowest BCUT2D eigenvalue weighted by molar-refractivity contribution is -0.144. The summed E-state index contributed by atoms with van der Waals surface area (Å²) in [5, 5.41) is 25.2. The van der Waals surface area contributed by atoms with Crippen molar-refractivity contribution in [1.82, 2.24) is 35.2 Å². The molecule has 2 fully saturated rings. The smallest absolute Gasteiger partial charge is 0.417 e. The van der Waals surface area contributed by atoms with Crippen LogP contribution >= 0.6 is 23.6 Å². The maximum atomic E-state index is 13.9. The number of thiocarbonyl (C=S) groups is 1. The van der Waals surface area contributed by atoms with E-state index in [2.05, 4.69) is 15.6 Å². The van der Waals surface area contributed by atoms with Crippen LogP contribution in [0.4, 0.5) is 24.5 Å². The summed E-state index contributed by atoms with van der Waals surface area (Å²) < 4.78 is 46.9. The number of nitrogens with one attached hydrogen (secondary N) is 2. The number of thiazole rings is 1. The number of rotatable bonds is 18. The van der Waals surface area contributed by atoms with E-state index in [4.69, 9.17) is 17.0 Å². The van der Waals surface area contributed by atoms with E-state index in [9.17, 15) is 57.1 Å².